The molecule has 1 saturated carbocycles. The Bertz CT molecular complexity index is 574. The molecule has 2 heterocycles. The number of carboxylic acid groups (broad SMARTS) is 1. The first-order valence-electron chi connectivity index (χ1n) is 8.08. The molecule has 1 N–H and O–H groups in total. The molecule has 1 aromatic rings. The third kappa shape index (κ3) is 2.98. The van der Waals surface area contributed by atoms with Gasteiger partial charge in [-0.05, 0) is 43.2 Å². The molecule has 0 atom stereocenters. The van der Waals surface area contributed by atoms with Gasteiger partial charge in [-0.15, -0.1) is 0 Å². The highest BCUT2D eigenvalue weighted by atomic mass is 16.4. The van der Waals surface area contributed by atoms with Gasteiger partial charge in [0, 0.05) is 19.3 Å². The molecule has 1 aromatic heterocycles. The van der Waals surface area contributed by atoms with Crippen molar-refractivity contribution in [2.24, 2.45) is 5.41 Å². The monoisotopic (exact) mass is 302 g/mol. The summed E-state index contributed by atoms with van der Waals surface area (Å²) < 4.78 is 0. The van der Waals surface area contributed by atoms with E-state index >= 15 is 0 Å². The summed E-state index contributed by atoms with van der Waals surface area (Å²) in [5.74, 6) is -1.16. The second-order valence-electron chi connectivity index (χ2n) is 6.63. The van der Waals surface area contributed by atoms with Gasteiger partial charge in [-0.1, -0.05) is 19.3 Å². The number of likely N-dealkylation sites (tertiary alicyclic amines) is 1. The van der Waals surface area contributed by atoms with E-state index in [1.165, 1.54) is 56.9 Å². The minimum absolute atomic E-state index is 0.114. The van der Waals surface area contributed by atoms with Crippen molar-refractivity contribution in [3.05, 3.63) is 29.6 Å². The summed E-state index contributed by atoms with van der Waals surface area (Å²) in [5.41, 5.74) is 0.645. The molecule has 1 aliphatic heterocycles. The highest BCUT2D eigenvalue weighted by Gasteiger charge is 2.38. The van der Waals surface area contributed by atoms with Crippen molar-refractivity contribution in [2.45, 2.75) is 44.9 Å². The van der Waals surface area contributed by atoms with Crippen molar-refractivity contribution in [3.8, 4) is 0 Å². The molecule has 1 amide bonds. The maximum Gasteiger partial charge on any atom is 0.335 e. The van der Waals surface area contributed by atoms with Gasteiger partial charge in [0.1, 0.15) is 5.69 Å². The summed E-state index contributed by atoms with van der Waals surface area (Å²) in [6.07, 6.45) is 9.88. The third-order valence-corrected chi connectivity index (χ3v) is 5.09. The molecular formula is C17H22N2O3. The van der Waals surface area contributed by atoms with Gasteiger partial charge in [-0.25, -0.2) is 4.79 Å². The molecule has 1 spiro atoms. The molecule has 1 aliphatic carbocycles. The predicted octanol–water partition coefficient (Wildman–Crippen LogP) is 2.97. The molecule has 22 heavy (non-hydrogen) atoms. The second kappa shape index (κ2) is 6.07. The van der Waals surface area contributed by atoms with Crippen LogP contribution in [0.2, 0.25) is 0 Å². The molecular weight excluding hydrogens is 280 g/mol. The van der Waals surface area contributed by atoms with E-state index in [9.17, 15) is 9.59 Å². The van der Waals surface area contributed by atoms with Gasteiger partial charge in [0.15, 0.2) is 0 Å². The van der Waals surface area contributed by atoms with Crippen molar-refractivity contribution in [1.82, 2.24) is 9.88 Å². The lowest BCUT2D eigenvalue weighted by Crippen LogP contribution is -2.47. The minimum Gasteiger partial charge on any atom is -0.478 e. The standard InChI is InChI=1S/C17H22N2O3/c20-15(14-11-13(16(21)22)5-9-18-14)19-10-4-8-17(12-19)6-2-1-3-7-17/h5,9,11H,1-4,6-8,10,12H2,(H,21,22). The predicted molar refractivity (Wildman–Crippen MR) is 81.9 cm³/mol. The van der Waals surface area contributed by atoms with Crippen molar-refractivity contribution >= 4 is 11.9 Å². The molecule has 0 aromatic carbocycles. The highest BCUT2D eigenvalue weighted by molar-refractivity contribution is 5.95. The minimum atomic E-state index is -1.03. The Morgan fingerprint density at radius 1 is 1.14 bits per heavy atom. The van der Waals surface area contributed by atoms with Crippen LogP contribution < -0.4 is 0 Å². The van der Waals surface area contributed by atoms with Crippen LogP contribution in [0.4, 0.5) is 0 Å². The van der Waals surface area contributed by atoms with E-state index in [2.05, 4.69) is 4.98 Å². The fraction of sp³-hybridized carbons (Fsp3) is 0.588. The molecule has 2 aliphatic rings. The third-order valence-electron chi connectivity index (χ3n) is 5.09. The van der Waals surface area contributed by atoms with Gasteiger partial charge in [-0.2, -0.15) is 0 Å². The van der Waals surface area contributed by atoms with E-state index in [1.807, 2.05) is 4.90 Å². The summed E-state index contributed by atoms with van der Waals surface area (Å²) in [6, 6.07) is 2.80. The zero-order valence-corrected chi connectivity index (χ0v) is 12.8. The first-order valence-corrected chi connectivity index (χ1v) is 8.08. The average molecular weight is 302 g/mol. The maximum atomic E-state index is 12.7. The van der Waals surface area contributed by atoms with E-state index in [0.29, 0.717) is 0 Å². The lowest BCUT2D eigenvalue weighted by Gasteiger charge is -2.45. The lowest BCUT2D eigenvalue weighted by molar-refractivity contribution is 0.0379. The highest BCUT2D eigenvalue weighted by Crippen LogP contribution is 2.43. The van der Waals surface area contributed by atoms with E-state index < -0.39 is 5.97 Å². The van der Waals surface area contributed by atoms with Gasteiger partial charge < -0.3 is 10.0 Å². The number of hydrogen-bond acceptors (Lipinski definition) is 3. The second-order valence-corrected chi connectivity index (χ2v) is 6.63. The van der Waals surface area contributed by atoms with Gasteiger partial charge in [0.25, 0.3) is 5.91 Å². The molecule has 5 heteroatoms. The van der Waals surface area contributed by atoms with Gasteiger partial charge in [0.05, 0.1) is 5.56 Å². The van der Waals surface area contributed by atoms with E-state index in [-0.39, 0.29) is 22.6 Å². The topological polar surface area (TPSA) is 70.5 Å². The molecule has 1 saturated heterocycles. The van der Waals surface area contributed by atoms with E-state index in [4.69, 9.17) is 5.11 Å². The molecule has 2 fully saturated rings. The largest absolute Gasteiger partial charge is 0.478 e. The van der Waals surface area contributed by atoms with Crippen LogP contribution in [0.1, 0.15) is 65.8 Å². The molecule has 118 valence electrons. The van der Waals surface area contributed by atoms with Crippen molar-refractivity contribution < 1.29 is 14.7 Å². The van der Waals surface area contributed by atoms with Crippen LogP contribution in [0.3, 0.4) is 0 Å². The van der Waals surface area contributed by atoms with Crippen molar-refractivity contribution in [1.29, 1.82) is 0 Å². The smallest absolute Gasteiger partial charge is 0.335 e. The first-order chi connectivity index (χ1) is 10.6. The van der Waals surface area contributed by atoms with E-state index in [0.717, 1.165) is 19.5 Å². The summed E-state index contributed by atoms with van der Waals surface area (Å²) in [4.78, 5) is 29.7. The SMILES string of the molecule is O=C(O)c1ccnc(C(=O)N2CCCC3(CCCCC3)C2)c1. The van der Waals surface area contributed by atoms with Crippen LogP contribution in [0.15, 0.2) is 18.3 Å². The number of pyridine rings is 1. The zero-order chi connectivity index (χ0) is 15.6. The summed E-state index contributed by atoms with van der Waals surface area (Å²) in [5, 5.41) is 9.05. The Hall–Kier alpha value is -1.91. The van der Waals surface area contributed by atoms with Crippen LogP contribution in [-0.4, -0.2) is 40.0 Å². The Labute approximate surface area is 130 Å². The van der Waals surface area contributed by atoms with Crippen LogP contribution >= 0.6 is 0 Å². The Kier molecular flexibility index (Phi) is 4.14. The van der Waals surface area contributed by atoms with Gasteiger partial charge in [0.2, 0.25) is 0 Å². The average Bonchev–Trinajstić information content (AvgIpc) is 2.55. The molecule has 0 bridgehead atoms. The quantitative estimate of drug-likeness (QED) is 0.911. The first kappa shape index (κ1) is 15.0. The number of aromatic carboxylic acids is 1. The molecule has 5 nitrogen and oxygen atoms in total. The van der Waals surface area contributed by atoms with Gasteiger partial charge >= 0.3 is 5.97 Å². The fourth-order valence-corrected chi connectivity index (χ4v) is 3.93. The number of carboxylic acids is 1. The zero-order valence-electron chi connectivity index (χ0n) is 12.8. The van der Waals surface area contributed by atoms with Crippen molar-refractivity contribution in [2.75, 3.05) is 13.1 Å². The number of piperidine rings is 1. The van der Waals surface area contributed by atoms with Crippen LogP contribution in [0.5, 0.6) is 0 Å². The van der Waals surface area contributed by atoms with Crippen molar-refractivity contribution in [3.63, 3.8) is 0 Å². The Morgan fingerprint density at radius 3 is 2.59 bits per heavy atom. The van der Waals surface area contributed by atoms with Crippen LogP contribution in [-0.2, 0) is 0 Å². The lowest BCUT2D eigenvalue weighted by atomic mass is 9.69. The maximum absolute atomic E-state index is 12.7. The molecule has 0 unspecified atom stereocenters. The summed E-state index contributed by atoms with van der Waals surface area (Å²) in [7, 11) is 0. The normalized spacial score (nSPS) is 20.8. The Balaban J connectivity index is 1.76. The number of rotatable bonds is 2. The summed E-state index contributed by atoms with van der Waals surface area (Å²) >= 11 is 0. The van der Waals surface area contributed by atoms with Gasteiger partial charge in [-0.3, -0.25) is 9.78 Å². The molecule has 0 radical (unpaired) electrons. The molecule has 3 rings (SSSR count). The summed E-state index contributed by atoms with van der Waals surface area (Å²) in [6.45, 7) is 1.55. The van der Waals surface area contributed by atoms with Crippen LogP contribution in [0, 0.1) is 5.41 Å². The number of carbonyl (C=O) groups excluding carboxylic acids is 1. The van der Waals surface area contributed by atoms with E-state index in [1.54, 1.807) is 0 Å². The Morgan fingerprint density at radius 2 is 1.86 bits per heavy atom. The number of amides is 1. The number of nitrogens with zero attached hydrogens (tertiary/aromatic N) is 2. The number of aromatic nitrogens is 1. The number of hydrogen-bond donors (Lipinski definition) is 1. The number of carbonyl (C=O) groups is 2. The fourth-order valence-electron chi connectivity index (χ4n) is 3.93. The van der Waals surface area contributed by atoms with Crippen LogP contribution in [0.25, 0.3) is 0 Å².